The largest absolute Gasteiger partial charge is 0.377 e. The third-order valence-corrected chi connectivity index (χ3v) is 4.11. The highest BCUT2D eigenvalue weighted by Gasteiger charge is 2.57. The van der Waals surface area contributed by atoms with Gasteiger partial charge >= 0.3 is 0 Å². The maximum absolute atomic E-state index is 11.0. The molecule has 4 rings (SSSR count). The summed E-state index contributed by atoms with van der Waals surface area (Å²) in [5, 5.41) is 0. The van der Waals surface area contributed by atoms with Crippen LogP contribution in [-0.4, -0.2) is 19.0 Å². The zero-order chi connectivity index (χ0) is 8.18. The van der Waals surface area contributed by atoms with E-state index in [2.05, 4.69) is 0 Å². The SMILES string of the molecule is O=CC12COC3CC(CCC31)C2. The van der Waals surface area contributed by atoms with Crippen LogP contribution < -0.4 is 0 Å². The summed E-state index contributed by atoms with van der Waals surface area (Å²) in [6.07, 6.45) is 6.51. The predicted octanol–water partition coefficient (Wildman–Crippen LogP) is 1.39. The van der Waals surface area contributed by atoms with Crippen molar-refractivity contribution in [2.24, 2.45) is 17.3 Å². The lowest BCUT2D eigenvalue weighted by Gasteiger charge is -2.45. The van der Waals surface area contributed by atoms with E-state index in [0.717, 1.165) is 12.3 Å². The lowest BCUT2D eigenvalue weighted by molar-refractivity contribution is -0.122. The van der Waals surface area contributed by atoms with Gasteiger partial charge in [-0.1, -0.05) is 0 Å². The molecule has 0 aromatic carbocycles. The minimum absolute atomic E-state index is 0.0498. The second-order valence-corrected chi connectivity index (χ2v) is 4.69. The summed E-state index contributed by atoms with van der Waals surface area (Å²) in [5.74, 6) is 1.35. The third-order valence-electron chi connectivity index (χ3n) is 4.11. The predicted molar refractivity (Wildman–Crippen MR) is 43.7 cm³/mol. The standard InChI is InChI=1S/C10H14O2/c11-5-10-4-7-1-2-8(10)9(3-7)12-6-10/h5,7-9H,1-4,6H2. The first kappa shape index (κ1) is 7.07. The smallest absolute Gasteiger partial charge is 0.128 e. The van der Waals surface area contributed by atoms with Crippen LogP contribution in [0, 0.1) is 17.3 Å². The molecule has 0 N–H and O–H groups in total. The number of fused-ring (bicyclic) bond motifs is 1. The number of ether oxygens (including phenoxy) is 1. The Labute approximate surface area is 72.3 Å². The summed E-state index contributed by atoms with van der Waals surface area (Å²) in [4.78, 5) is 11.0. The lowest BCUT2D eigenvalue weighted by Crippen LogP contribution is -2.45. The lowest BCUT2D eigenvalue weighted by atomic mass is 9.57. The maximum Gasteiger partial charge on any atom is 0.128 e. The average Bonchev–Trinajstić information content (AvgIpc) is 2.40. The molecule has 1 heterocycles. The van der Waals surface area contributed by atoms with E-state index in [1.54, 1.807) is 0 Å². The van der Waals surface area contributed by atoms with Gasteiger partial charge in [-0.3, -0.25) is 0 Å². The molecule has 3 saturated carbocycles. The van der Waals surface area contributed by atoms with Gasteiger partial charge in [0.15, 0.2) is 0 Å². The molecule has 2 heteroatoms. The maximum atomic E-state index is 11.0. The van der Waals surface area contributed by atoms with Crippen molar-refractivity contribution >= 4 is 6.29 Å². The van der Waals surface area contributed by atoms with Gasteiger partial charge in [0.1, 0.15) is 6.29 Å². The first-order valence-corrected chi connectivity index (χ1v) is 4.92. The number of carbonyl (C=O) groups is 1. The number of hydrogen-bond acceptors (Lipinski definition) is 2. The van der Waals surface area contributed by atoms with Gasteiger partial charge in [0.2, 0.25) is 0 Å². The molecule has 0 aromatic heterocycles. The van der Waals surface area contributed by atoms with Crippen molar-refractivity contribution in [3.63, 3.8) is 0 Å². The van der Waals surface area contributed by atoms with E-state index in [-0.39, 0.29) is 5.41 Å². The minimum Gasteiger partial charge on any atom is -0.377 e. The van der Waals surface area contributed by atoms with E-state index in [1.807, 2.05) is 0 Å². The molecular formula is C10H14O2. The number of hydrogen-bond donors (Lipinski definition) is 0. The fourth-order valence-corrected chi connectivity index (χ4v) is 3.53. The second kappa shape index (κ2) is 2.11. The third kappa shape index (κ3) is 0.674. The summed E-state index contributed by atoms with van der Waals surface area (Å²) in [6, 6.07) is 0. The van der Waals surface area contributed by atoms with E-state index < -0.39 is 0 Å². The van der Waals surface area contributed by atoms with E-state index in [0.29, 0.717) is 18.6 Å². The Bertz CT molecular complexity index is 226. The monoisotopic (exact) mass is 166 g/mol. The van der Waals surface area contributed by atoms with Crippen molar-refractivity contribution in [1.29, 1.82) is 0 Å². The van der Waals surface area contributed by atoms with Crippen molar-refractivity contribution in [2.45, 2.75) is 31.8 Å². The van der Waals surface area contributed by atoms with Gasteiger partial charge < -0.3 is 9.53 Å². The highest BCUT2D eigenvalue weighted by Crippen LogP contribution is 2.56. The molecule has 3 aliphatic carbocycles. The first-order chi connectivity index (χ1) is 5.84. The molecule has 4 bridgehead atoms. The Morgan fingerprint density at radius 2 is 2.33 bits per heavy atom. The van der Waals surface area contributed by atoms with Crippen LogP contribution in [0.1, 0.15) is 25.7 Å². The molecule has 4 fully saturated rings. The quantitative estimate of drug-likeness (QED) is 0.550. The van der Waals surface area contributed by atoms with Crippen LogP contribution >= 0.6 is 0 Å². The van der Waals surface area contributed by atoms with Crippen molar-refractivity contribution in [3.8, 4) is 0 Å². The summed E-state index contributed by atoms with van der Waals surface area (Å²) in [7, 11) is 0. The van der Waals surface area contributed by atoms with E-state index in [1.165, 1.54) is 25.5 Å². The molecule has 1 saturated heterocycles. The average molecular weight is 166 g/mol. The molecule has 4 atom stereocenters. The normalized spacial score (nSPS) is 55.8. The Hall–Kier alpha value is -0.370. The fraction of sp³-hybridized carbons (Fsp3) is 0.900. The highest BCUT2D eigenvalue weighted by molar-refractivity contribution is 5.62. The first-order valence-electron chi connectivity index (χ1n) is 4.92. The van der Waals surface area contributed by atoms with Gasteiger partial charge in [-0.15, -0.1) is 0 Å². The Morgan fingerprint density at radius 3 is 3.00 bits per heavy atom. The summed E-state index contributed by atoms with van der Waals surface area (Å²) in [6.45, 7) is 0.711. The van der Waals surface area contributed by atoms with Gasteiger partial charge in [-0.2, -0.15) is 0 Å². The Balaban J connectivity index is 2.01. The summed E-state index contributed by atoms with van der Waals surface area (Å²) >= 11 is 0. The molecule has 1 aliphatic heterocycles. The van der Waals surface area contributed by atoms with Crippen molar-refractivity contribution in [1.82, 2.24) is 0 Å². The van der Waals surface area contributed by atoms with Crippen LogP contribution in [0.25, 0.3) is 0 Å². The molecule has 0 aromatic rings. The van der Waals surface area contributed by atoms with Gasteiger partial charge in [-0.05, 0) is 37.5 Å². The van der Waals surface area contributed by atoms with Crippen LogP contribution in [0.15, 0.2) is 0 Å². The van der Waals surface area contributed by atoms with Crippen LogP contribution in [0.5, 0.6) is 0 Å². The number of aldehydes is 1. The van der Waals surface area contributed by atoms with Gasteiger partial charge in [0.25, 0.3) is 0 Å². The topological polar surface area (TPSA) is 26.3 Å². The molecule has 0 radical (unpaired) electrons. The molecule has 0 amide bonds. The fourth-order valence-electron chi connectivity index (χ4n) is 3.53. The van der Waals surface area contributed by atoms with Crippen LogP contribution in [0.2, 0.25) is 0 Å². The molecular weight excluding hydrogens is 152 g/mol. The second-order valence-electron chi connectivity index (χ2n) is 4.69. The minimum atomic E-state index is -0.0498. The Kier molecular flexibility index (Phi) is 1.24. The van der Waals surface area contributed by atoms with Gasteiger partial charge in [0.05, 0.1) is 18.1 Å². The van der Waals surface area contributed by atoms with Crippen molar-refractivity contribution < 1.29 is 9.53 Å². The molecule has 0 spiro atoms. The summed E-state index contributed by atoms with van der Waals surface area (Å²) < 4.78 is 5.67. The zero-order valence-electron chi connectivity index (χ0n) is 7.16. The highest BCUT2D eigenvalue weighted by atomic mass is 16.5. The van der Waals surface area contributed by atoms with Gasteiger partial charge in [-0.25, -0.2) is 0 Å². The van der Waals surface area contributed by atoms with Gasteiger partial charge in [0, 0.05) is 0 Å². The van der Waals surface area contributed by atoms with Crippen molar-refractivity contribution in [2.75, 3.05) is 6.61 Å². The van der Waals surface area contributed by atoms with E-state index in [9.17, 15) is 4.79 Å². The molecule has 4 aliphatic rings. The van der Waals surface area contributed by atoms with E-state index >= 15 is 0 Å². The molecule has 12 heavy (non-hydrogen) atoms. The Morgan fingerprint density at radius 1 is 1.42 bits per heavy atom. The van der Waals surface area contributed by atoms with E-state index in [4.69, 9.17) is 4.74 Å². The number of rotatable bonds is 1. The molecule has 66 valence electrons. The van der Waals surface area contributed by atoms with Crippen LogP contribution in [0.3, 0.4) is 0 Å². The number of carbonyl (C=O) groups excluding carboxylic acids is 1. The molecule has 4 unspecified atom stereocenters. The van der Waals surface area contributed by atoms with Crippen LogP contribution in [0.4, 0.5) is 0 Å². The van der Waals surface area contributed by atoms with Crippen LogP contribution in [-0.2, 0) is 9.53 Å². The van der Waals surface area contributed by atoms with Crippen molar-refractivity contribution in [3.05, 3.63) is 0 Å². The summed E-state index contributed by atoms with van der Waals surface area (Å²) in [5.41, 5.74) is -0.0498. The zero-order valence-corrected chi connectivity index (χ0v) is 7.16. The molecule has 2 nitrogen and oxygen atoms in total.